The van der Waals surface area contributed by atoms with Crippen LogP contribution in [-0.4, -0.2) is 74.9 Å². The Morgan fingerprint density at radius 1 is 0.500 bits per heavy atom. The standard InChI is InChI=1S/C52H88NO8P/c1-6-8-10-12-14-16-18-20-22-24-26-28-30-32-34-36-38-40-42-44-51(54)58-48-50(49-60-62(56,57)59-47-46-53(3,4)5)61-52(55)45-43-41-39-37-35-33-31-29-27-25-23-21-19-17-15-13-11-9-7-2/h14-17,20-23,26-29,32-35,50H,6-13,18-19,24-25,30-31,36-49H2,1-5H3/p+1/b16-14-,17-15-,22-20-,23-21-,28-26-,29-27-,34-32-,35-33-/t50-/m1/s1. The third-order valence-electron chi connectivity index (χ3n) is 9.59. The third kappa shape index (κ3) is 46.4. The number of ether oxygens (including phenoxy) is 2. The third-order valence-corrected chi connectivity index (χ3v) is 10.6. The number of carbonyl (C=O) groups is 2. The normalized spacial score (nSPS) is 14.4. The first-order valence-electron chi connectivity index (χ1n) is 24.0. The molecule has 0 aromatic rings. The van der Waals surface area contributed by atoms with E-state index in [4.69, 9.17) is 18.5 Å². The molecule has 0 aliphatic rings. The number of hydrogen-bond acceptors (Lipinski definition) is 7. The van der Waals surface area contributed by atoms with Crippen LogP contribution in [0.25, 0.3) is 0 Å². The summed E-state index contributed by atoms with van der Waals surface area (Å²) in [5, 5.41) is 0. The van der Waals surface area contributed by atoms with E-state index in [1.54, 1.807) is 0 Å². The van der Waals surface area contributed by atoms with Gasteiger partial charge >= 0.3 is 19.8 Å². The van der Waals surface area contributed by atoms with E-state index in [0.29, 0.717) is 23.9 Å². The van der Waals surface area contributed by atoms with E-state index in [9.17, 15) is 19.0 Å². The quantitative estimate of drug-likeness (QED) is 0.0212. The molecule has 0 heterocycles. The molecular weight excluding hydrogens is 798 g/mol. The minimum absolute atomic E-state index is 0.0141. The summed E-state index contributed by atoms with van der Waals surface area (Å²) in [4.78, 5) is 35.5. The monoisotopic (exact) mass is 887 g/mol. The number of allylic oxidation sites excluding steroid dienone is 16. The number of quaternary nitrogens is 1. The molecule has 0 fully saturated rings. The molecule has 354 valence electrons. The molecule has 0 bridgehead atoms. The predicted molar refractivity (Wildman–Crippen MR) is 261 cm³/mol. The lowest BCUT2D eigenvalue weighted by Crippen LogP contribution is -2.37. The molecule has 2 atom stereocenters. The number of rotatable bonds is 42. The van der Waals surface area contributed by atoms with Crippen LogP contribution in [0.1, 0.15) is 168 Å². The van der Waals surface area contributed by atoms with Crippen LogP contribution in [0.5, 0.6) is 0 Å². The first-order chi connectivity index (χ1) is 30.0. The second-order valence-electron chi connectivity index (χ2n) is 16.8. The van der Waals surface area contributed by atoms with Crippen molar-refractivity contribution in [3.8, 4) is 0 Å². The molecule has 62 heavy (non-hydrogen) atoms. The maximum Gasteiger partial charge on any atom is 0.472 e. The summed E-state index contributed by atoms with van der Waals surface area (Å²) in [6.45, 7) is 4.27. The van der Waals surface area contributed by atoms with Crippen molar-refractivity contribution in [2.75, 3.05) is 47.5 Å². The molecule has 0 aliphatic heterocycles. The van der Waals surface area contributed by atoms with Gasteiger partial charge in [-0.05, 0) is 103 Å². The molecule has 0 spiro atoms. The van der Waals surface area contributed by atoms with Crippen molar-refractivity contribution in [3.63, 3.8) is 0 Å². The fraction of sp³-hybridized carbons (Fsp3) is 0.654. The van der Waals surface area contributed by atoms with Gasteiger partial charge in [-0.3, -0.25) is 18.6 Å². The number of likely N-dealkylation sites (N-methyl/N-ethyl adjacent to an activating group) is 1. The minimum atomic E-state index is -4.40. The van der Waals surface area contributed by atoms with E-state index in [2.05, 4.69) is 111 Å². The van der Waals surface area contributed by atoms with Crippen molar-refractivity contribution >= 4 is 19.8 Å². The van der Waals surface area contributed by atoms with Gasteiger partial charge in [0.15, 0.2) is 6.10 Å². The summed E-state index contributed by atoms with van der Waals surface area (Å²) in [6, 6.07) is 0. The molecule has 0 aliphatic carbocycles. The van der Waals surface area contributed by atoms with Crippen molar-refractivity contribution in [3.05, 3.63) is 97.2 Å². The zero-order chi connectivity index (χ0) is 45.7. The van der Waals surface area contributed by atoms with Gasteiger partial charge < -0.3 is 18.9 Å². The van der Waals surface area contributed by atoms with Gasteiger partial charge in [-0.1, -0.05) is 150 Å². The van der Waals surface area contributed by atoms with Gasteiger partial charge in [-0.15, -0.1) is 0 Å². The number of nitrogens with zero attached hydrogens (tertiary/aromatic N) is 1. The van der Waals surface area contributed by atoms with Crippen molar-refractivity contribution in [2.45, 2.75) is 174 Å². The second-order valence-corrected chi connectivity index (χ2v) is 18.2. The first kappa shape index (κ1) is 58.9. The Balaban J connectivity index is 4.47. The van der Waals surface area contributed by atoms with Gasteiger partial charge in [-0.25, -0.2) is 4.57 Å². The number of phosphoric ester groups is 1. The molecule has 0 saturated heterocycles. The molecule has 0 aromatic heterocycles. The minimum Gasteiger partial charge on any atom is -0.462 e. The van der Waals surface area contributed by atoms with Gasteiger partial charge in [0, 0.05) is 12.8 Å². The summed E-state index contributed by atoms with van der Waals surface area (Å²) in [5.74, 6) is -0.880. The second kappa shape index (κ2) is 43.2. The molecule has 1 N–H and O–H groups in total. The average molecular weight is 887 g/mol. The molecule has 1 unspecified atom stereocenters. The largest absolute Gasteiger partial charge is 0.472 e. The van der Waals surface area contributed by atoms with Crippen molar-refractivity contribution in [1.29, 1.82) is 0 Å². The van der Waals surface area contributed by atoms with Crippen molar-refractivity contribution in [2.24, 2.45) is 0 Å². The highest BCUT2D eigenvalue weighted by Crippen LogP contribution is 2.43. The highest BCUT2D eigenvalue weighted by molar-refractivity contribution is 7.47. The lowest BCUT2D eigenvalue weighted by atomic mass is 10.1. The Morgan fingerprint density at radius 3 is 1.26 bits per heavy atom. The van der Waals surface area contributed by atoms with Crippen LogP contribution < -0.4 is 0 Å². The van der Waals surface area contributed by atoms with Crippen LogP contribution in [0.4, 0.5) is 0 Å². The first-order valence-corrected chi connectivity index (χ1v) is 25.5. The molecule has 10 heteroatoms. The Morgan fingerprint density at radius 2 is 0.871 bits per heavy atom. The molecule has 0 aromatic carbocycles. The fourth-order valence-electron chi connectivity index (χ4n) is 5.80. The van der Waals surface area contributed by atoms with E-state index in [1.807, 2.05) is 21.1 Å². The van der Waals surface area contributed by atoms with Gasteiger partial charge in [0.25, 0.3) is 0 Å². The van der Waals surface area contributed by atoms with Gasteiger partial charge in [-0.2, -0.15) is 0 Å². The Bertz CT molecular complexity index is 1370. The summed E-state index contributed by atoms with van der Waals surface area (Å²) in [7, 11) is 1.42. The zero-order valence-corrected chi connectivity index (χ0v) is 40.7. The summed E-state index contributed by atoms with van der Waals surface area (Å²) < 4.78 is 34.3. The maximum atomic E-state index is 12.7. The SMILES string of the molecule is CCCCC/C=C\C/C=C\C/C=C\C/C=C\CCCCCC(=O)OC[C@H](COP(=O)(O)OCC[N+](C)(C)C)OC(=O)CCCCC/C=C\C/C=C\C/C=C\C/C=C\CCCCC. The molecule has 0 amide bonds. The van der Waals surface area contributed by atoms with E-state index in [-0.39, 0.29) is 26.1 Å². The number of unbranched alkanes of at least 4 members (excludes halogenated alkanes) is 12. The van der Waals surface area contributed by atoms with Crippen LogP contribution in [0, 0.1) is 0 Å². The lowest BCUT2D eigenvalue weighted by molar-refractivity contribution is -0.870. The van der Waals surface area contributed by atoms with Crippen molar-refractivity contribution < 1.29 is 42.1 Å². The van der Waals surface area contributed by atoms with Crippen LogP contribution >= 0.6 is 7.82 Å². The van der Waals surface area contributed by atoms with E-state index in [1.165, 1.54) is 51.4 Å². The zero-order valence-electron chi connectivity index (χ0n) is 39.8. The molecule has 0 radical (unpaired) electrons. The molecule has 0 saturated carbocycles. The number of carbonyl (C=O) groups excluding carboxylic acids is 2. The van der Waals surface area contributed by atoms with Crippen LogP contribution in [0.3, 0.4) is 0 Å². The Labute approximate surface area is 379 Å². The summed E-state index contributed by atoms with van der Waals surface area (Å²) in [5.41, 5.74) is 0. The average Bonchev–Trinajstić information content (AvgIpc) is 3.23. The summed E-state index contributed by atoms with van der Waals surface area (Å²) >= 11 is 0. The van der Waals surface area contributed by atoms with Crippen LogP contribution in [0.2, 0.25) is 0 Å². The molecular formula is C52H89NO8P+. The Hall–Kier alpha value is -3.07. The van der Waals surface area contributed by atoms with E-state index in [0.717, 1.165) is 77.0 Å². The van der Waals surface area contributed by atoms with Crippen LogP contribution in [-0.2, 0) is 32.7 Å². The van der Waals surface area contributed by atoms with E-state index < -0.39 is 32.5 Å². The topological polar surface area (TPSA) is 108 Å². The van der Waals surface area contributed by atoms with Crippen molar-refractivity contribution in [1.82, 2.24) is 0 Å². The highest BCUT2D eigenvalue weighted by Gasteiger charge is 2.27. The number of hydrogen-bond donors (Lipinski definition) is 1. The maximum absolute atomic E-state index is 12.7. The van der Waals surface area contributed by atoms with Crippen LogP contribution in [0.15, 0.2) is 97.2 Å². The predicted octanol–water partition coefficient (Wildman–Crippen LogP) is 14.1. The van der Waals surface area contributed by atoms with Gasteiger partial charge in [0.2, 0.25) is 0 Å². The smallest absolute Gasteiger partial charge is 0.462 e. The lowest BCUT2D eigenvalue weighted by Gasteiger charge is -2.24. The number of esters is 2. The number of phosphoric acid groups is 1. The Kier molecular flexibility index (Phi) is 41.1. The summed E-state index contributed by atoms with van der Waals surface area (Å²) in [6.07, 6.45) is 57.4. The van der Waals surface area contributed by atoms with E-state index >= 15 is 0 Å². The molecule has 0 rings (SSSR count). The molecule has 9 nitrogen and oxygen atoms in total. The fourth-order valence-corrected chi connectivity index (χ4v) is 6.54. The highest BCUT2D eigenvalue weighted by atomic mass is 31.2. The van der Waals surface area contributed by atoms with Gasteiger partial charge in [0.05, 0.1) is 27.7 Å². The van der Waals surface area contributed by atoms with Gasteiger partial charge in [0.1, 0.15) is 19.8 Å².